The highest BCUT2D eigenvalue weighted by atomic mass is 16.5. The Hall–Kier alpha value is -2.62. The Labute approximate surface area is 141 Å². The molecule has 6 heteroatoms. The number of rotatable bonds is 3. The lowest BCUT2D eigenvalue weighted by Gasteiger charge is -2.31. The fourth-order valence-corrected chi connectivity index (χ4v) is 2.58. The van der Waals surface area contributed by atoms with Gasteiger partial charge in [0.15, 0.2) is 0 Å². The van der Waals surface area contributed by atoms with E-state index in [-0.39, 0.29) is 12.0 Å². The quantitative estimate of drug-likeness (QED) is 0.818. The maximum atomic E-state index is 11.7. The molecule has 1 aliphatic heterocycles. The van der Waals surface area contributed by atoms with Crippen molar-refractivity contribution >= 4 is 5.91 Å². The Bertz CT molecular complexity index is 729. The lowest BCUT2D eigenvalue weighted by molar-refractivity contribution is -0.138. The van der Waals surface area contributed by atoms with Crippen LogP contribution < -0.4 is 5.32 Å². The normalized spacial score (nSPS) is 17.8. The number of morpholine rings is 1. The average Bonchev–Trinajstić information content (AvgIpc) is 3.14. The van der Waals surface area contributed by atoms with Gasteiger partial charge in [0.05, 0.1) is 18.4 Å². The summed E-state index contributed by atoms with van der Waals surface area (Å²) in [6.45, 7) is 2.82. The second kappa shape index (κ2) is 7.77. The number of hydrogen-bond acceptors (Lipinski definition) is 4. The van der Waals surface area contributed by atoms with Gasteiger partial charge in [-0.05, 0) is 17.7 Å². The van der Waals surface area contributed by atoms with Crippen LogP contribution in [0.5, 0.6) is 0 Å². The Morgan fingerprint density at radius 2 is 2.17 bits per heavy atom. The number of benzene rings is 1. The van der Waals surface area contributed by atoms with Crippen molar-refractivity contribution in [2.24, 2.45) is 0 Å². The number of nitrogens with zero attached hydrogens (tertiary/aromatic N) is 2. The summed E-state index contributed by atoms with van der Waals surface area (Å²) < 4.78 is 5.51. The van der Waals surface area contributed by atoms with Crippen LogP contribution >= 0.6 is 0 Å². The van der Waals surface area contributed by atoms with Crippen LogP contribution in [0.25, 0.3) is 0 Å². The SMILES string of the molecule is CNC(=O)C1CN(Cc2ccc(C#Cc3cn[nH]c3)cc2)CCO1. The lowest BCUT2D eigenvalue weighted by atomic mass is 10.1. The predicted octanol–water partition coefficient (Wildman–Crippen LogP) is 0.756. The number of carbonyl (C=O) groups excluding carboxylic acids is 1. The van der Waals surface area contributed by atoms with Crippen molar-refractivity contribution in [3.63, 3.8) is 0 Å². The molecule has 0 radical (unpaired) electrons. The highest BCUT2D eigenvalue weighted by Gasteiger charge is 2.25. The number of amides is 1. The minimum atomic E-state index is -0.385. The molecule has 1 unspecified atom stereocenters. The summed E-state index contributed by atoms with van der Waals surface area (Å²) in [5.41, 5.74) is 3.03. The van der Waals surface area contributed by atoms with Gasteiger partial charge in [0.1, 0.15) is 6.10 Å². The molecule has 1 aromatic heterocycles. The number of aromatic nitrogens is 2. The van der Waals surface area contributed by atoms with Crippen molar-refractivity contribution in [2.45, 2.75) is 12.6 Å². The van der Waals surface area contributed by atoms with Crippen molar-refractivity contribution < 1.29 is 9.53 Å². The van der Waals surface area contributed by atoms with Gasteiger partial charge in [-0.2, -0.15) is 5.10 Å². The van der Waals surface area contributed by atoms with Crippen LogP contribution in [0.3, 0.4) is 0 Å². The molecule has 124 valence electrons. The van der Waals surface area contributed by atoms with Gasteiger partial charge in [-0.1, -0.05) is 24.0 Å². The fraction of sp³-hybridized carbons (Fsp3) is 0.333. The van der Waals surface area contributed by atoms with Crippen LogP contribution in [0, 0.1) is 11.8 Å². The van der Waals surface area contributed by atoms with E-state index in [2.05, 4.69) is 44.4 Å². The van der Waals surface area contributed by atoms with Crippen molar-refractivity contribution in [3.05, 3.63) is 53.3 Å². The molecule has 0 spiro atoms. The van der Waals surface area contributed by atoms with E-state index in [1.54, 1.807) is 19.4 Å². The third-order valence-corrected chi connectivity index (χ3v) is 3.90. The molecular weight excluding hydrogens is 304 g/mol. The third-order valence-electron chi connectivity index (χ3n) is 3.90. The van der Waals surface area contributed by atoms with Crippen molar-refractivity contribution in [1.29, 1.82) is 0 Å². The number of carbonyl (C=O) groups is 1. The number of likely N-dealkylation sites (N-methyl/N-ethyl adjacent to an activating group) is 1. The molecule has 24 heavy (non-hydrogen) atoms. The first-order valence-corrected chi connectivity index (χ1v) is 7.90. The largest absolute Gasteiger partial charge is 0.366 e. The van der Waals surface area contributed by atoms with Gasteiger partial charge in [0.25, 0.3) is 0 Å². The maximum absolute atomic E-state index is 11.7. The summed E-state index contributed by atoms with van der Waals surface area (Å²) in [5, 5.41) is 9.25. The van der Waals surface area contributed by atoms with Crippen LogP contribution in [0.15, 0.2) is 36.7 Å². The van der Waals surface area contributed by atoms with Gasteiger partial charge in [-0.3, -0.25) is 14.8 Å². The standard InChI is InChI=1S/C18H20N4O2/c1-19-18(23)17-13-22(8-9-24-17)12-15-5-2-14(3-6-15)4-7-16-10-20-21-11-16/h2-3,5-6,10-11,17H,8-9,12-13H2,1H3,(H,19,23)(H,20,21). The molecule has 6 nitrogen and oxygen atoms in total. The van der Waals surface area contributed by atoms with Crippen molar-refractivity contribution in [3.8, 4) is 11.8 Å². The molecule has 2 N–H and O–H groups in total. The van der Waals surface area contributed by atoms with Gasteiger partial charge in [-0.15, -0.1) is 0 Å². The molecule has 1 atom stereocenters. The molecule has 1 aromatic carbocycles. The van der Waals surface area contributed by atoms with Gasteiger partial charge in [0, 0.05) is 38.4 Å². The summed E-state index contributed by atoms with van der Waals surface area (Å²) in [4.78, 5) is 13.9. The summed E-state index contributed by atoms with van der Waals surface area (Å²) in [6.07, 6.45) is 3.08. The number of hydrogen-bond donors (Lipinski definition) is 2. The number of H-pyrrole nitrogens is 1. The Balaban J connectivity index is 1.59. The van der Waals surface area contributed by atoms with E-state index < -0.39 is 0 Å². The first-order valence-electron chi connectivity index (χ1n) is 7.90. The van der Waals surface area contributed by atoms with Crippen molar-refractivity contribution in [2.75, 3.05) is 26.7 Å². The minimum absolute atomic E-state index is 0.0652. The summed E-state index contributed by atoms with van der Waals surface area (Å²) in [5.74, 6) is 6.10. The molecule has 1 amide bonds. The second-order valence-electron chi connectivity index (χ2n) is 5.64. The zero-order chi connectivity index (χ0) is 16.8. The van der Waals surface area contributed by atoms with Crippen LogP contribution in [0.2, 0.25) is 0 Å². The molecule has 2 heterocycles. The number of ether oxygens (including phenoxy) is 1. The van der Waals surface area contributed by atoms with E-state index in [0.717, 1.165) is 24.2 Å². The maximum Gasteiger partial charge on any atom is 0.250 e. The third kappa shape index (κ3) is 4.22. The summed E-state index contributed by atoms with van der Waals surface area (Å²) in [6, 6.07) is 8.17. The zero-order valence-electron chi connectivity index (χ0n) is 13.6. The lowest BCUT2D eigenvalue weighted by Crippen LogP contribution is -2.48. The van der Waals surface area contributed by atoms with E-state index in [9.17, 15) is 4.79 Å². The monoisotopic (exact) mass is 324 g/mol. The van der Waals surface area contributed by atoms with E-state index in [1.165, 1.54) is 5.56 Å². The molecule has 1 aliphatic rings. The van der Waals surface area contributed by atoms with Gasteiger partial charge < -0.3 is 10.1 Å². The van der Waals surface area contributed by atoms with Gasteiger partial charge in [0.2, 0.25) is 5.91 Å². The average molecular weight is 324 g/mol. The molecule has 0 bridgehead atoms. The Morgan fingerprint density at radius 1 is 1.38 bits per heavy atom. The summed E-state index contributed by atoms with van der Waals surface area (Å²) in [7, 11) is 1.63. The van der Waals surface area contributed by atoms with Crippen LogP contribution in [0.4, 0.5) is 0 Å². The van der Waals surface area contributed by atoms with Crippen molar-refractivity contribution in [1.82, 2.24) is 20.4 Å². The molecule has 0 aliphatic carbocycles. The van der Waals surface area contributed by atoms with Crippen LogP contribution in [0.1, 0.15) is 16.7 Å². The zero-order valence-corrected chi connectivity index (χ0v) is 13.6. The molecule has 1 fully saturated rings. The first kappa shape index (κ1) is 16.2. The van der Waals surface area contributed by atoms with Gasteiger partial charge >= 0.3 is 0 Å². The van der Waals surface area contributed by atoms with Gasteiger partial charge in [-0.25, -0.2) is 0 Å². The molecule has 1 saturated heterocycles. The van der Waals surface area contributed by atoms with Crippen LogP contribution in [-0.4, -0.2) is 53.9 Å². The van der Waals surface area contributed by atoms with E-state index in [1.807, 2.05) is 12.1 Å². The Kier molecular flexibility index (Phi) is 5.26. The highest BCUT2D eigenvalue weighted by molar-refractivity contribution is 5.80. The molecule has 2 aromatic rings. The minimum Gasteiger partial charge on any atom is -0.366 e. The molecular formula is C18H20N4O2. The topological polar surface area (TPSA) is 70.2 Å². The second-order valence-corrected chi connectivity index (χ2v) is 5.64. The summed E-state index contributed by atoms with van der Waals surface area (Å²) >= 11 is 0. The molecule has 3 rings (SSSR count). The van der Waals surface area contributed by atoms with E-state index in [4.69, 9.17) is 4.74 Å². The fourth-order valence-electron chi connectivity index (χ4n) is 2.58. The predicted molar refractivity (Wildman–Crippen MR) is 90.1 cm³/mol. The van der Waals surface area contributed by atoms with Crippen LogP contribution in [-0.2, 0) is 16.1 Å². The van der Waals surface area contributed by atoms with E-state index >= 15 is 0 Å². The highest BCUT2D eigenvalue weighted by Crippen LogP contribution is 2.12. The number of nitrogens with one attached hydrogen (secondary N) is 2. The smallest absolute Gasteiger partial charge is 0.250 e. The van der Waals surface area contributed by atoms with E-state index in [0.29, 0.717) is 13.2 Å². The Morgan fingerprint density at radius 3 is 2.88 bits per heavy atom. The number of aromatic amines is 1. The molecule has 0 saturated carbocycles. The first-order chi connectivity index (χ1) is 11.7.